The smallest absolute Gasteiger partial charge is 0.334 e. The first-order valence-electron chi connectivity index (χ1n) is 6.29. The molecule has 0 atom stereocenters. The van der Waals surface area contributed by atoms with E-state index in [9.17, 15) is 18.0 Å². The maximum absolute atomic E-state index is 12.4. The molecule has 10 heteroatoms. The molecule has 0 aliphatic heterocycles. The van der Waals surface area contributed by atoms with Gasteiger partial charge in [0.25, 0.3) is 0 Å². The van der Waals surface area contributed by atoms with Crippen molar-refractivity contribution in [3.63, 3.8) is 0 Å². The summed E-state index contributed by atoms with van der Waals surface area (Å²) in [4.78, 5) is 14.5. The molecular formula is C13H10F3N5O2. The highest BCUT2D eigenvalue weighted by Gasteiger charge is 2.38. The van der Waals surface area contributed by atoms with Crippen LogP contribution < -0.4 is 10.6 Å². The summed E-state index contributed by atoms with van der Waals surface area (Å²) in [6.45, 7) is 0.0850. The van der Waals surface area contributed by atoms with Gasteiger partial charge in [0.15, 0.2) is 0 Å². The van der Waals surface area contributed by atoms with Crippen LogP contribution in [0.5, 0.6) is 0 Å². The van der Waals surface area contributed by atoms with Gasteiger partial charge in [0.2, 0.25) is 5.82 Å². The minimum Gasteiger partial charge on any atom is -0.334 e. The highest BCUT2D eigenvalue weighted by Crippen LogP contribution is 2.29. The Morgan fingerprint density at radius 2 is 1.96 bits per heavy atom. The predicted octanol–water partition coefficient (Wildman–Crippen LogP) is 2.08. The third kappa shape index (κ3) is 4.44. The summed E-state index contributed by atoms with van der Waals surface area (Å²) in [5.74, 6) is -1.59. The summed E-state index contributed by atoms with van der Waals surface area (Å²) in [5.41, 5.74) is 1.06. The van der Waals surface area contributed by atoms with Crippen LogP contribution in [0.25, 0.3) is 11.4 Å². The number of nitriles is 1. The Morgan fingerprint density at radius 3 is 2.52 bits per heavy atom. The van der Waals surface area contributed by atoms with Gasteiger partial charge in [-0.25, -0.2) is 4.79 Å². The number of amides is 2. The molecule has 23 heavy (non-hydrogen) atoms. The molecule has 0 bridgehead atoms. The zero-order chi connectivity index (χ0) is 16.9. The first kappa shape index (κ1) is 16.3. The number of carbonyl (C=O) groups excluding carboxylic acids is 1. The summed E-state index contributed by atoms with van der Waals surface area (Å²) >= 11 is 0. The standard InChI is InChI=1S/C13H10F3N5O2/c14-13(15,16)11-20-10(21-23-11)9-3-1-8(2-4-9)7-19-12(22)18-6-5-17/h1-4H,6-7H2,(H2,18,19,22). The van der Waals surface area contributed by atoms with E-state index in [4.69, 9.17) is 5.26 Å². The van der Waals surface area contributed by atoms with Gasteiger partial charge >= 0.3 is 18.1 Å². The third-order valence-corrected chi connectivity index (χ3v) is 2.66. The summed E-state index contributed by atoms with van der Waals surface area (Å²) in [5, 5.41) is 16.4. The van der Waals surface area contributed by atoms with Crippen molar-refractivity contribution in [2.24, 2.45) is 0 Å². The number of alkyl halides is 3. The Hall–Kier alpha value is -3.09. The minimum atomic E-state index is -4.69. The number of rotatable bonds is 4. The Bertz CT molecular complexity index is 718. The first-order valence-corrected chi connectivity index (χ1v) is 6.29. The van der Waals surface area contributed by atoms with E-state index in [0.29, 0.717) is 11.1 Å². The summed E-state index contributed by atoms with van der Waals surface area (Å²) in [6.07, 6.45) is -4.69. The molecule has 0 aliphatic carbocycles. The minimum absolute atomic E-state index is 0.107. The predicted molar refractivity (Wildman–Crippen MR) is 70.6 cm³/mol. The van der Waals surface area contributed by atoms with Crippen molar-refractivity contribution in [3.8, 4) is 17.5 Å². The van der Waals surface area contributed by atoms with Crippen molar-refractivity contribution >= 4 is 6.03 Å². The van der Waals surface area contributed by atoms with E-state index in [1.165, 1.54) is 12.1 Å². The van der Waals surface area contributed by atoms with Gasteiger partial charge in [-0.1, -0.05) is 29.4 Å². The summed E-state index contributed by atoms with van der Waals surface area (Å²) in [6, 6.07) is 7.48. The molecule has 1 aromatic heterocycles. The lowest BCUT2D eigenvalue weighted by molar-refractivity contribution is -0.159. The number of hydrogen-bond donors (Lipinski definition) is 2. The van der Waals surface area contributed by atoms with E-state index < -0.39 is 18.1 Å². The van der Waals surface area contributed by atoms with Crippen LogP contribution >= 0.6 is 0 Å². The van der Waals surface area contributed by atoms with Crippen LogP contribution in [0.4, 0.5) is 18.0 Å². The average molecular weight is 325 g/mol. The topological polar surface area (TPSA) is 104 Å². The third-order valence-electron chi connectivity index (χ3n) is 2.66. The van der Waals surface area contributed by atoms with Crippen LogP contribution in [0.1, 0.15) is 11.5 Å². The number of benzene rings is 1. The lowest BCUT2D eigenvalue weighted by Gasteiger charge is -2.05. The molecule has 7 nitrogen and oxygen atoms in total. The van der Waals surface area contributed by atoms with Gasteiger partial charge in [-0.3, -0.25) is 0 Å². The number of aromatic nitrogens is 2. The normalized spacial score (nSPS) is 10.9. The molecule has 0 spiro atoms. The van der Waals surface area contributed by atoms with Crippen molar-refractivity contribution in [3.05, 3.63) is 35.7 Å². The number of halogens is 3. The van der Waals surface area contributed by atoms with Crippen molar-refractivity contribution < 1.29 is 22.5 Å². The number of nitrogens with zero attached hydrogens (tertiary/aromatic N) is 3. The summed E-state index contributed by atoms with van der Waals surface area (Å²) < 4.78 is 41.3. The Kier molecular flexibility index (Phi) is 4.80. The van der Waals surface area contributed by atoms with Crippen LogP contribution in [0.15, 0.2) is 28.8 Å². The molecule has 2 aromatic rings. The van der Waals surface area contributed by atoms with Crippen LogP contribution in [0, 0.1) is 11.3 Å². The van der Waals surface area contributed by atoms with E-state index in [0.717, 1.165) is 0 Å². The second-order valence-electron chi connectivity index (χ2n) is 4.31. The Morgan fingerprint density at radius 1 is 1.26 bits per heavy atom. The number of hydrogen-bond acceptors (Lipinski definition) is 5. The number of nitrogens with one attached hydrogen (secondary N) is 2. The molecule has 2 rings (SSSR count). The highest BCUT2D eigenvalue weighted by atomic mass is 19.4. The summed E-state index contributed by atoms with van der Waals surface area (Å²) in [7, 11) is 0. The van der Waals surface area contributed by atoms with E-state index in [2.05, 4.69) is 25.3 Å². The highest BCUT2D eigenvalue weighted by molar-refractivity contribution is 5.74. The zero-order valence-corrected chi connectivity index (χ0v) is 11.5. The molecule has 0 saturated carbocycles. The van der Waals surface area contributed by atoms with Gasteiger partial charge in [-0.2, -0.15) is 23.4 Å². The monoisotopic (exact) mass is 325 g/mol. The fraction of sp³-hybridized carbons (Fsp3) is 0.231. The van der Waals surface area contributed by atoms with Gasteiger partial charge in [0.1, 0.15) is 6.54 Å². The van der Waals surface area contributed by atoms with E-state index in [1.54, 1.807) is 18.2 Å². The molecule has 1 aromatic carbocycles. The second kappa shape index (κ2) is 6.78. The lowest BCUT2D eigenvalue weighted by atomic mass is 10.1. The van der Waals surface area contributed by atoms with Crippen molar-refractivity contribution in [2.45, 2.75) is 12.7 Å². The number of urea groups is 1. The van der Waals surface area contributed by atoms with Gasteiger partial charge in [-0.05, 0) is 5.56 Å². The molecule has 0 fully saturated rings. The quantitative estimate of drug-likeness (QED) is 0.838. The maximum Gasteiger partial charge on any atom is 0.471 e. The van der Waals surface area contributed by atoms with E-state index >= 15 is 0 Å². The largest absolute Gasteiger partial charge is 0.471 e. The SMILES string of the molecule is N#CCNC(=O)NCc1ccc(-c2noc(C(F)(F)F)n2)cc1. The molecule has 0 saturated heterocycles. The molecule has 0 unspecified atom stereocenters. The molecular weight excluding hydrogens is 315 g/mol. The average Bonchev–Trinajstić information content (AvgIpc) is 3.01. The number of carbonyl (C=O) groups is 1. The first-order chi connectivity index (χ1) is 10.9. The molecule has 2 amide bonds. The fourth-order valence-corrected chi connectivity index (χ4v) is 1.59. The van der Waals surface area contributed by atoms with Crippen LogP contribution in [-0.2, 0) is 12.7 Å². The fourth-order valence-electron chi connectivity index (χ4n) is 1.59. The molecule has 0 aliphatic rings. The van der Waals surface area contributed by atoms with Crippen LogP contribution in [0.2, 0.25) is 0 Å². The van der Waals surface area contributed by atoms with Crippen molar-refractivity contribution in [1.29, 1.82) is 5.26 Å². The van der Waals surface area contributed by atoms with E-state index in [-0.39, 0.29) is 18.9 Å². The maximum atomic E-state index is 12.4. The zero-order valence-electron chi connectivity index (χ0n) is 11.5. The van der Waals surface area contributed by atoms with Gasteiger partial charge in [-0.15, -0.1) is 0 Å². The van der Waals surface area contributed by atoms with Gasteiger partial charge in [0, 0.05) is 12.1 Å². The van der Waals surface area contributed by atoms with Crippen molar-refractivity contribution in [1.82, 2.24) is 20.8 Å². The molecule has 0 radical (unpaired) electrons. The van der Waals surface area contributed by atoms with Gasteiger partial charge in [0.05, 0.1) is 6.07 Å². The molecule has 1 heterocycles. The molecule has 2 N–H and O–H groups in total. The lowest BCUT2D eigenvalue weighted by Crippen LogP contribution is -2.35. The van der Waals surface area contributed by atoms with Gasteiger partial charge < -0.3 is 15.2 Å². The van der Waals surface area contributed by atoms with Crippen molar-refractivity contribution in [2.75, 3.05) is 6.54 Å². The Balaban J connectivity index is 1.98. The molecule has 120 valence electrons. The van der Waals surface area contributed by atoms with Crippen LogP contribution in [0.3, 0.4) is 0 Å². The Labute approximate surface area is 128 Å². The second-order valence-corrected chi connectivity index (χ2v) is 4.31. The van der Waals surface area contributed by atoms with E-state index in [1.807, 2.05) is 0 Å². The van der Waals surface area contributed by atoms with Crippen LogP contribution in [-0.4, -0.2) is 22.7 Å².